The minimum Gasteiger partial charge on any atom is -0.481 e. The molecule has 1 atom stereocenters. The summed E-state index contributed by atoms with van der Waals surface area (Å²) >= 11 is 1.30. The van der Waals surface area contributed by atoms with Crippen LogP contribution in [0, 0.1) is 13.8 Å². The number of thioether (sulfide) groups is 1. The quantitative estimate of drug-likeness (QED) is 0.658. The molecular weight excluding hydrogens is 290 g/mol. The van der Waals surface area contributed by atoms with E-state index < -0.39 is 5.97 Å². The van der Waals surface area contributed by atoms with Crippen molar-refractivity contribution in [1.29, 1.82) is 0 Å². The molecule has 0 aromatic carbocycles. The predicted molar refractivity (Wildman–Crippen MR) is 79.2 cm³/mol. The van der Waals surface area contributed by atoms with E-state index in [0.717, 1.165) is 24.2 Å². The second-order valence-electron chi connectivity index (χ2n) is 5.20. The molecule has 1 aromatic rings. The van der Waals surface area contributed by atoms with E-state index in [2.05, 4.69) is 9.97 Å². The fourth-order valence-electron chi connectivity index (χ4n) is 2.55. The summed E-state index contributed by atoms with van der Waals surface area (Å²) in [6.45, 7) is 4.43. The molecule has 1 aliphatic rings. The Balaban J connectivity index is 1.93. The molecule has 114 valence electrons. The van der Waals surface area contributed by atoms with E-state index in [-0.39, 0.29) is 24.1 Å². The van der Waals surface area contributed by atoms with Gasteiger partial charge in [0.2, 0.25) is 5.91 Å². The zero-order valence-corrected chi connectivity index (χ0v) is 13.0. The predicted octanol–water partition coefficient (Wildman–Crippen LogP) is 1.65. The molecule has 0 aliphatic carbocycles. The SMILES string of the molecule is Cc1cc(C)nc(SCC(=O)N2CCCC2CC(=O)O)n1. The van der Waals surface area contributed by atoms with E-state index in [1.165, 1.54) is 11.8 Å². The lowest BCUT2D eigenvalue weighted by Gasteiger charge is -2.23. The van der Waals surface area contributed by atoms with Crippen LogP contribution >= 0.6 is 11.8 Å². The molecule has 1 saturated heterocycles. The standard InChI is InChI=1S/C14H19N3O3S/c1-9-6-10(2)16-14(15-9)21-8-12(18)17-5-3-4-11(17)7-13(19)20/h6,11H,3-5,7-8H2,1-2H3,(H,19,20). The largest absolute Gasteiger partial charge is 0.481 e. The molecule has 1 aliphatic heterocycles. The molecular formula is C14H19N3O3S. The number of rotatable bonds is 5. The van der Waals surface area contributed by atoms with Gasteiger partial charge in [0, 0.05) is 24.0 Å². The van der Waals surface area contributed by atoms with Gasteiger partial charge in [0.1, 0.15) is 0 Å². The zero-order chi connectivity index (χ0) is 15.4. The molecule has 2 heterocycles. The van der Waals surface area contributed by atoms with Crippen molar-refractivity contribution in [2.45, 2.75) is 44.3 Å². The Morgan fingerprint density at radius 3 is 2.67 bits per heavy atom. The van der Waals surface area contributed by atoms with E-state index in [1.54, 1.807) is 4.90 Å². The zero-order valence-electron chi connectivity index (χ0n) is 12.2. The third-order valence-corrected chi connectivity index (χ3v) is 4.23. The maximum Gasteiger partial charge on any atom is 0.305 e. The first kappa shape index (κ1) is 15.8. The van der Waals surface area contributed by atoms with Crippen molar-refractivity contribution in [2.24, 2.45) is 0 Å². The topological polar surface area (TPSA) is 83.4 Å². The normalized spacial score (nSPS) is 18.0. The van der Waals surface area contributed by atoms with Crippen molar-refractivity contribution in [2.75, 3.05) is 12.3 Å². The van der Waals surface area contributed by atoms with Gasteiger partial charge >= 0.3 is 5.97 Å². The van der Waals surface area contributed by atoms with Crippen molar-refractivity contribution >= 4 is 23.6 Å². The minimum atomic E-state index is -0.856. The molecule has 0 bridgehead atoms. The van der Waals surface area contributed by atoms with Crippen LogP contribution in [0.15, 0.2) is 11.2 Å². The average molecular weight is 309 g/mol. The van der Waals surface area contributed by atoms with Crippen LogP contribution in [0.25, 0.3) is 0 Å². The maximum atomic E-state index is 12.2. The van der Waals surface area contributed by atoms with Crippen LogP contribution in [0.3, 0.4) is 0 Å². The number of likely N-dealkylation sites (tertiary alicyclic amines) is 1. The van der Waals surface area contributed by atoms with E-state index in [4.69, 9.17) is 5.11 Å². The number of aromatic nitrogens is 2. The van der Waals surface area contributed by atoms with Crippen molar-refractivity contribution in [3.8, 4) is 0 Å². The van der Waals surface area contributed by atoms with E-state index in [0.29, 0.717) is 11.7 Å². The van der Waals surface area contributed by atoms with Crippen LogP contribution in [0.5, 0.6) is 0 Å². The highest BCUT2D eigenvalue weighted by atomic mass is 32.2. The third kappa shape index (κ3) is 4.42. The Hall–Kier alpha value is -1.63. The summed E-state index contributed by atoms with van der Waals surface area (Å²) in [5.41, 5.74) is 1.75. The van der Waals surface area contributed by atoms with Gasteiger partial charge in [0.15, 0.2) is 5.16 Å². The van der Waals surface area contributed by atoms with E-state index in [9.17, 15) is 9.59 Å². The summed E-state index contributed by atoms with van der Waals surface area (Å²) in [7, 11) is 0. The summed E-state index contributed by atoms with van der Waals surface area (Å²) in [5, 5.41) is 9.47. The number of amides is 1. The number of carboxylic acid groups (broad SMARTS) is 1. The molecule has 1 N–H and O–H groups in total. The lowest BCUT2D eigenvalue weighted by atomic mass is 10.1. The number of carboxylic acids is 1. The molecule has 2 rings (SSSR count). The molecule has 1 amide bonds. The second kappa shape index (κ2) is 6.89. The van der Waals surface area contributed by atoms with Gasteiger partial charge in [0.25, 0.3) is 0 Å². The summed E-state index contributed by atoms with van der Waals surface area (Å²) in [6.07, 6.45) is 1.66. The number of aryl methyl sites for hydroxylation is 2. The van der Waals surface area contributed by atoms with Gasteiger partial charge in [-0.25, -0.2) is 9.97 Å². The van der Waals surface area contributed by atoms with E-state index >= 15 is 0 Å². The van der Waals surface area contributed by atoms with Gasteiger partial charge in [0.05, 0.1) is 12.2 Å². The molecule has 1 aromatic heterocycles. The molecule has 21 heavy (non-hydrogen) atoms. The summed E-state index contributed by atoms with van der Waals surface area (Å²) in [4.78, 5) is 33.3. The van der Waals surface area contributed by atoms with Crippen LogP contribution in [-0.4, -0.2) is 50.2 Å². The average Bonchev–Trinajstić information content (AvgIpc) is 2.82. The van der Waals surface area contributed by atoms with E-state index in [1.807, 2.05) is 19.9 Å². The van der Waals surface area contributed by atoms with Gasteiger partial charge in [-0.1, -0.05) is 11.8 Å². The Labute approximate surface area is 128 Å². The first-order valence-electron chi connectivity index (χ1n) is 6.92. The van der Waals surface area contributed by atoms with Crippen LogP contribution in [0.1, 0.15) is 30.7 Å². The van der Waals surface area contributed by atoms with Crippen LogP contribution < -0.4 is 0 Å². The Morgan fingerprint density at radius 1 is 1.38 bits per heavy atom. The van der Waals surface area contributed by atoms with Crippen LogP contribution in [0.4, 0.5) is 0 Å². The number of carbonyl (C=O) groups excluding carboxylic acids is 1. The maximum absolute atomic E-state index is 12.2. The fraction of sp³-hybridized carbons (Fsp3) is 0.571. The first-order valence-corrected chi connectivity index (χ1v) is 7.90. The molecule has 0 saturated carbocycles. The van der Waals surface area contributed by atoms with Gasteiger partial charge in [-0.05, 0) is 32.8 Å². The smallest absolute Gasteiger partial charge is 0.305 e. The summed E-state index contributed by atoms with van der Waals surface area (Å²) in [5.74, 6) is -0.643. The van der Waals surface area contributed by atoms with Crippen molar-refractivity contribution < 1.29 is 14.7 Å². The Kier molecular flexibility index (Phi) is 5.17. The van der Waals surface area contributed by atoms with Crippen molar-refractivity contribution in [3.05, 3.63) is 17.5 Å². The number of aliphatic carboxylic acids is 1. The van der Waals surface area contributed by atoms with Gasteiger partial charge in [-0.2, -0.15) is 0 Å². The first-order chi connectivity index (χ1) is 9.95. The number of nitrogens with zero attached hydrogens (tertiary/aromatic N) is 3. The summed E-state index contributed by atoms with van der Waals surface area (Å²) < 4.78 is 0. The second-order valence-corrected chi connectivity index (χ2v) is 6.15. The fourth-order valence-corrected chi connectivity index (χ4v) is 3.38. The van der Waals surface area contributed by atoms with Gasteiger partial charge in [-0.15, -0.1) is 0 Å². The summed E-state index contributed by atoms with van der Waals surface area (Å²) in [6, 6.07) is 1.71. The third-order valence-electron chi connectivity index (χ3n) is 3.39. The lowest BCUT2D eigenvalue weighted by Crippen LogP contribution is -2.37. The number of hydrogen-bond donors (Lipinski definition) is 1. The number of hydrogen-bond acceptors (Lipinski definition) is 5. The molecule has 0 spiro atoms. The van der Waals surface area contributed by atoms with Crippen LogP contribution in [0.2, 0.25) is 0 Å². The molecule has 1 fully saturated rings. The molecule has 0 radical (unpaired) electrons. The molecule has 7 heteroatoms. The Morgan fingerprint density at radius 2 is 2.05 bits per heavy atom. The highest BCUT2D eigenvalue weighted by Crippen LogP contribution is 2.22. The Bertz CT molecular complexity index is 530. The minimum absolute atomic E-state index is 0.0243. The van der Waals surface area contributed by atoms with Crippen LogP contribution in [-0.2, 0) is 9.59 Å². The number of carbonyl (C=O) groups is 2. The van der Waals surface area contributed by atoms with Gasteiger partial charge < -0.3 is 10.0 Å². The highest BCUT2D eigenvalue weighted by Gasteiger charge is 2.30. The van der Waals surface area contributed by atoms with Crippen molar-refractivity contribution in [3.63, 3.8) is 0 Å². The van der Waals surface area contributed by atoms with Crippen molar-refractivity contribution in [1.82, 2.24) is 14.9 Å². The highest BCUT2D eigenvalue weighted by molar-refractivity contribution is 7.99. The lowest BCUT2D eigenvalue weighted by molar-refractivity contribution is -0.139. The van der Waals surface area contributed by atoms with Gasteiger partial charge in [-0.3, -0.25) is 9.59 Å². The molecule has 6 nitrogen and oxygen atoms in total. The molecule has 1 unspecified atom stereocenters. The monoisotopic (exact) mass is 309 g/mol.